The summed E-state index contributed by atoms with van der Waals surface area (Å²) in [5.41, 5.74) is 3.53. The zero-order chi connectivity index (χ0) is 30.7. The molecule has 0 radical (unpaired) electrons. The van der Waals surface area contributed by atoms with Crippen LogP contribution in [-0.4, -0.2) is 44.0 Å². The molecule has 3 aromatic heterocycles. The first-order chi connectivity index (χ1) is 20.4. The molecule has 0 unspecified atom stereocenters. The fourth-order valence-corrected chi connectivity index (χ4v) is 4.65. The molecule has 1 aliphatic carbocycles. The second kappa shape index (κ2) is 12.1. The molecule has 222 valence electrons. The number of nitrogens with one attached hydrogen (secondary N) is 2. The Morgan fingerprint density at radius 2 is 1.70 bits per heavy atom. The third-order valence-electron chi connectivity index (χ3n) is 6.50. The van der Waals surface area contributed by atoms with Crippen LogP contribution >= 0.6 is 0 Å². The SMILES string of the molecule is Cc1cc(C(=O)Nc2cccc(Oc3ccc4nc(NC(=O)C5CC5)cn4c3)c2)n(C)n1.Cc1ccc(S(=O)(=O)O)cc1. The smallest absolute Gasteiger partial charge is 0.294 e. The third kappa shape index (κ3) is 7.64. The summed E-state index contributed by atoms with van der Waals surface area (Å²) in [7, 11) is -2.29. The van der Waals surface area contributed by atoms with Gasteiger partial charge in [0.05, 0.1) is 23.0 Å². The van der Waals surface area contributed by atoms with E-state index in [1.54, 1.807) is 71.0 Å². The van der Waals surface area contributed by atoms with Crippen LogP contribution in [0.15, 0.2) is 84.0 Å². The number of carbonyl (C=O) groups is 2. The van der Waals surface area contributed by atoms with E-state index in [1.165, 1.54) is 12.1 Å². The van der Waals surface area contributed by atoms with Gasteiger partial charge in [-0.25, -0.2) is 4.98 Å². The summed E-state index contributed by atoms with van der Waals surface area (Å²) in [5.74, 6) is 1.59. The zero-order valence-electron chi connectivity index (χ0n) is 23.7. The van der Waals surface area contributed by atoms with Crippen LogP contribution in [0.5, 0.6) is 11.5 Å². The standard InChI is InChI=1S/C23H22N6O3.C7H8O3S/c1-14-10-19(28(2)27-14)23(31)24-16-4-3-5-17(11-16)32-18-8-9-21-25-20(13-29(21)12-18)26-22(30)15-6-7-15;1-6-2-4-7(5-3-6)11(8,9)10/h3-5,8-13,15H,6-7H2,1-2H3,(H,24,31)(H,26,30);2-5H,1H3,(H,8,9,10). The van der Waals surface area contributed by atoms with E-state index in [1.807, 2.05) is 26.0 Å². The quantitative estimate of drug-likeness (QED) is 0.219. The minimum absolute atomic E-state index is 0.0185. The van der Waals surface area contributed by atoms with Crippen LogP contribution in [0.4, 0.5) is 11.5 Å². The molecule has 0 saturated heterocycles. The number of aryl methyl sites for hydroxylation is 3. The summed E-state index contributed by atoms with van der Waals surface area (Å²) in [5, 5.41) is 9.92. The lowest BCUT2D eigenvalue weighted by Gasteiger charge is -2.09. The molecule has 43 heavy (non-hydrogen) atoms. The van der Waals surface area contributed by atoms with Gasteiger partial charge < -0.3 is 19.8 Å². The van der Waals surface area contributed by atoms with Crippen molar-refractivity contribution in [3.8, 4) is 11.5 Å². The molecule has 0 atom stereocenters. The van der Waals surface area contributed by atoms with Gasteiger partial charge in [0, 0.05) is 24.7 Å². The van der Waals surface area contributed by atoms with E-state index in [4.69, 9.17) is 9.29 Å². The molecule has 1 fully saturated rings. The topological polar surface area (TPSA) is 157 Å². The van der Waals surface area contributed by atoms with Crippen LogP contribution in [-0.2, 0) is 22.0 Å². The maximum atomic E-state index is 12.5. The Morgan fingerprint density at radius 1 is 0.953 bits per heavy atom. The molecule has 6 rings (SSSR count). The molecule has 2 aromatic carbocycles. The van der Waals surface area contributed by atoms with Gasteiger partial charge in [0.15, 0.2) is 5.82 Å². The van der Waals surface area contributed by atoms with Gasteiger partial charge in [0.1, 0.15) is 22.8 Å². The first-order valence-electron chi connectivity index (χ1n) is 13.4. The Balaban J connectivity index is 0.000000283. The van der Waals surface area contributed by atoms with Crippen LogP contribution in [0, 0.1) is 19.8 Å². The maximum absolute atomic E-state index is 12.5. The minimum atomic E-state index is -4.02. The predicted octanol–water partition coefficient (Wildman–Crippen LogP) is 5.01. The second-order valence-electron chi connectivity index (χ2n) is 10.2. The highest BCUT2D eigenvalue weighted by atomic mass is 32.2. The Bertz CT molecular complexity index is 1910. The van der Waals surface area contributed by atoms with Gasteiger partial charge in [-0.3, -0.25) is 18.8 Å². The van der Waals surface area contributed by atoms with E-state index in [2.05, 4.69) is 20.7 Å². The average molecular weight is 603 g/mol. The fraction of sp³-hybridized carbons (Fsp3) is 0.200. The summed E-state index contributed by atoms with van der Waals surface area (Å²) >= 11 is 0. The highest BCUT2D eigenvalue weighted by molar-refractivity contribution is 7.85. The van der Waals surface area contributed by atoms with Crippen molar-refractivity contribution in [1.29, 1.82) is 0 Å². The molecule has 0 aliphatic heterocycles. The van der Waals surface area contributed by atoms with Crippen molar-refractivity contribution in [1.82, 2.24) is 19.2 Å². The van der Waals surface area contributed by atoms with E-state index in [0.29, 0.717) is 34.3 Å². The first-order valence-corrected chi connectivity index (χ1v) is 14.8. The van der Waals surface area contributed by atoms with Gasteiger partial charge >= 0.3 is 0 Å². The van der Waals surface area contributed by atoms with Crippen molar-refractivity contribution < 1.29 is 27.3 Å². The molecule has 3 heterocycles. The van der Waals surface area contributed by atoms with Crippen LogP contribution in [0.1, 0.15) is 34.6 Å². The van der Waals surface area contributed by atoms with E-state index in [-0.39, 0.29) is 22.6 Å². The van der Waals surface area contributed by atoms with Crippen molar-refractivity contribution in [2.24, 2.45) is 13.0 Å². The van der Waals surface area contributed by atoms with Crippen molar-refractivity contribution in [3.05, 3.63) is 96.1 Å². The molecule has 12 nitrogen and oxygen atoms in total. The van der Waals surface area contributed by atoms with Gasteiger partial charge in [-0.1, -0.05) is 23.8 Å². The molecular weight excluding hydrogens is 572 g/mol. The summed E-state index contributed by atoms with van der Waals surface area (Å²) < 4.78 is 38.9. The molecule has 1 aliphatic rings. The van der Waals surface area contributed by atoms with Crippen LogP contribution in [0.25, 0.3) is 5.65 Å². The van der Waals surface area contributed by atoms with E-state index >= 15 is 0 Å². The summed E-state index contributed by atoms with van der Waals surface area (Å²) in [6, 6.07) is 18.5. The minimum Gasteiger partial charge on any atom is -0.456 e. The Morgan fingerprint density at radius 3 is 2.35 bits per heavy atom. The van der Waals surface area contributed by atoms with Gasteiger partial charge in [-0.15, -0.1) is 0 Å². The number of benzene rings is 2. The van der Waals surface area contributed by atoms with Crippen molar-refractivity contribution >= 4 is 39.1 Å². The van der Waals surface area contributed by atoms with Crippen molar-refractivity contribution in [2.45, 2.75) is 31.6 Å². The van der Waals surface area contributed by atoms with Crippen molar-refractivity contribution in [2.75, 3.05) is 10.6 Å². The first kappa shape index (κ1) is 29.5. The van der Waals surface area contributed by atoms with E-state index < -0.39 is 10.1 Å². The molecule has 3 N–H and O–H groups in total. The van der Waals surface area contributed by atoms with E-state index in [0.717, 1.165) is 24.1 Å². The van der Waals surface area contributed by atoms with Crippen molar-refractivity contribution in [3.63, 3.8) is 0 Å². The fourth-order valence-electron chi connectivity index (χ4n) is 4.17. The number of amides is 2. The predicted molar refractivity (Wildman–Crippen MR) is 160 cm³/mol. The summed E-state index contributed by atoms with van der Waals surface area (Å²) in [6.45, 7) is 3.68. The molecular formula is C30H30N6O6S. The lowest BCUT2D eigenvalue weighted by molar-refractivity contribution is -0.117. The monoisotopic (exact) mass is 602 g/mol. The van der Waals surface area contributed by atoms with E-state index in [9.17, 15) is 18.0 Å². The molecule has 0 spiro atoms. The van der Waals surface area contributed by atoms with Crippen LogP contribution in [0.2, 0.25) is 0 Å². The number of hydrogen-bond acceptors (Lipinski definition) is 7. The lowest BCUT2D eigenvalue weighted by Crippen LogP contribution is -2.16. The Labute approximate surface area is 248 Å². The number of fused-ring (bicyclic) bond motifs is 1. The van der Waals surface area contributed by atoms with Gasteiger partial charge in [0.25, 0.3) is 16.0 Å². The number of aromatic nitrogens is 4. The molecule has 5 aromatic rings. The normalized spacial score (nSPS) is 12.7. The van der Waals surface area contributed by atoms with Crippen LogP contribution in [0.3, 0.4) is 0 Å². The number of anilines is 2. The van der Waals surface area contributed by atoms with Crippen LogP contribution < -0.4 is 15.4 Å². The Kier molecular flexibility index (Phi) is 8.28. The van der Waals surface area contributed by atoms with Gasteiger partial charge in [-0.2, -0.15) is 13.5 Å². The largest absolute Gasteiger partial charge is 0.456 e. The summed E-state index contributed by atoms with van der Waals surface area (Å²) in [6.07, 6.45) is 5.44. The van der Waals surface area contributed by atoms with Gasteiger partial charge in [0.2, 0.25) is 5.91 Å². The number of carbonyl (C=O) groups excluding carboxylic acids is 2. The molecule has 2 amide bonds. The average Bonchev–Trinajstić information content (AvgIpc) is 3.64. The summed E-state index contributed by atoms with van der Waals surface area (Å²) in [4.78, 5) is 28.8. The number of ether oxygens (including phenoxy) is 1. The maximum Gasteiger partial charge on any atom is 0.294 e. The number of rotatable bonds is 7. The highest BCUT2D eigenvalue weighted by Crippen LogP contribution is 2.30. The molecule has 13 heteroatoms. The third-order valence-corrected chi connectivity index (χ3v) is 7.37. The molecule has 0 bridgehead atoms. The number of hydrogen-bond donors (Lipinski definition) is 3. The molecule has 1 saturated carbocycles. The lowest BCUT2D eigenvalue weighted by atomic mass is 10.2. The number of nitrogens with zero attached hydrogens (tertiary/aromatic N) is 4. The Hall–Kier alpha value is -5.01. The number of pyridine rings is 1. The number of imidazole rings is 1. The van der Waals surface area contributed by atoms with Gasteiger partial charge in [-0.05, 0) is 69.2 Å². The second-order valence-corrected chi connectivity index (χ2v) is 11.6. The highest BCUT2D eigenvalue weighted by Gasteiger charge is 2.30. The zero-order valence-corrected chi connectivity index (χ0v) is 24.5.